The van der Waals surface area contributed by atoms with E-state index in [1.807, 2.05) is 0 Å². The molecule has 156 valence electrons. The molecule has 0 spiro atoms. The van der Waals surface area contributed by atoms with Gasteiger partial charge in [-0.3, -0.25) is 4.90 Å². The van der Waals surface area contributed by atoms with Crippen LogP contribution in [0.2, 0.25) is 0 Å². The number of benzene rings is 2. The first-order chi connectivity index (χ1) is 14.6. The smallest absolute Gasteiger partial charge is 0.319 e. The summed E-state index contributed by atoms with van der Waals surface area (Å²) in [7, 11) is 2.18. The molecule has 3 aliphatic rings. The zero-order chi connectivity index (χ0) is 20.9. The molecule has 6 nitrogen and oxygen atoms in total. The summed E-state index contributed by atoms with van der Waals surface area (Å²) >= 11 is 0. The van der Waals surface area contributed by atoms with Gasteiger partial charge in [0.05, 0.1) is 11.6 Å². The number of hydrogen-bond donors (Lipinski definition) is 2. The van der Waals surface area contributed by atoms with Crippen molar-refractivity contribution < 1.29 is 4.79 Å². The molecule has 6 heteroatoms. The average Bonchev–Trinajstić information content (AvgIpc) is 2.79. The van der Waals surface area contributed by atoms with E-state index in [1.54, 1.807) is 24.3 Å². The van der Waals surface area contributed by atoms with Gasteiger partial charge in [0, 0.05) is 44.1 Å². The molecule has 4 atom stereocenters. The summed E-state index contributed by atoms with van der Waals surface area (Å²) in [6.07, 6.45) is 2.38. The number of nitrogens with one attached hydrogen (secondary N) is 2. The zero-order valence-corrected chi connectivity index (χ0v) is 17.4. The largest absolute Gasteiger partial charge is 0.374 e. The van der Waals surface area contributed by atoms with E-state index < -0.39 is 0 Å². The van der Waals surface area contributed by atoms with E-state index in [1.165, 1.54) is 12.1 Å². The van der Waals surface area contributed by atoms with Gasteiger partial charge in [0.2, 0.25) is 0 Å². The Bertz CT molecular complexity index is 909. The minimum absolute atomic E-state index is 0.215. The van der Waals surface area contributed by atoms with E-state index in [-0.39, 0.29) is 6.03 Å². The van der Waals surface area contributed by atoms with Crippen molar-refractivity contribution in [2.24, 2.45) is 11.8 Å². The summed E-state index contributed by atoms with van der Waals surface area (Å²) in [6, 6.07) is 19.8. The van der Waals surface area contributed by atoms with E-state index in [0.717, 1.165) is 26.1 Å². The molecule has 30 heavy (non-hydrogen) atoms. The maximum Gasteiger partial charge on any atom is 0.319 e. The third kappa shape index (κ3) is 4.74. The van der Waals surface area contributed by atoms with Crippen LogP contribution in [0.1, 0.15) is 18.4 Å². The van der Waals surface area contributed by atoms with E-state index in [9.17, 15) is 4.79 Å². The quantitative estimate of drug-likeness (QED) is 0.774. The molecule has 2 aromatic rings. The molecule has 3 fully saturated rings. The molecule has 2 amide bonds. The highest BCUT2D eigenvalue weighted by Gasteiger charge is 2.40. The van der Waals surface area contributed by atoms with Gasteiger partial charge in [-0.05, 0) is 61.6 Å². The Kier molecular flexibility index (Phi) is 6.20. The fourth-order valence-corrected chi connectivity index (χ4v) is 4.86. The van der Waals surface area contributed by atoms with Crippen molar-refractivity contribution >= 4 is 17.4 Å². The van der Waals surface area contributed by atoms with Crippen LogP contribution in [-0.4, -0.2) is 50.2 Å². The number of rotatable bonds is 6. The molecule has 0 saturated carbocycles. The van der Waals surface area contributed by atoms with Crippen LogP contribution in [0.5, 0.6) is 0 Å². The summed E-state index contributed by atoms with van der Waals surface area (Å²) in [5.74, 6) is 1.38. The summed E-state index contributed by atoms with van der Waals surface area (Å²) in [5, 5.41) is 14.8. The maximum absolute atomic E-state index is 12.3. The number of anilines is 2. The van der Waals surface area contributed by atoms with Crippen LogP contribution in [0.25, 0.3) is 0 Å². The Hall–Kier alpha value is -3.04. The minimum Gasteiger partial charge on any atom is -0.374 e. The number of carbonyl (C=O) groups is 1. The zero-order valence-electron chi connectivity index (χ0n) is 17.4. The normalized spacial score (nSPS) is 24.7. The highest BCUT2D eigenvalue weighted by Crippen LogP contribution is 2.36. The van der Waals surface area contributed by atoms with Crippen molar-refractivity contribution in [2.45, 2.75) is 18.9 Å². The monoisotopic (exact) mass is 403 g/mol. The summed E-state index contributed by atoms with van der Waals surface area (Å²) < 4.78 is 0. The topological polar surface area (TPSA) is 71.4 Å². The van der Waals surface area contributed by atoms with Crippen LogP contribution in [-0.2, 0) is 0 Å². The molecule has 5 rings (SSSR count). The fourth-order valence-electron chi connectivity index (χ4n) is 4.86. The van der Waals surface area contributed by atoms with E-state index in [0.29, 0.717) is 35.7 Å². The second kappa shape index (κ2) is 9.19. The molecule has 3 saturated heterocycles. The van der Waals surface area contributed by atoms with Gasteiger partial charge in [-0.1, -0.05) is 24.3 Å². The van der Waals surface area contributed by atoms with Gasteiger partial charge in [-0.2, -0.15) is 5.26 Å². The molecule has 0 aliphatic carbocycles. The second-order valence-corrected chi connectivity index (χ2v) is 8.44. The molecule has 2 N–H and O–H groups in total. The number of fused-ring (bicyclic) bond motifs is 3. The van der Waals surface area contributed by atoms with Gasteiger partial charge < -0.3 is 15.5 Å². The van der Waals surface area contributed by atoms with Crippen molar-refractivity contribution in [3.05, 3.63) is 60.2 Å². The Morgan fingerprint density at radius 2 is 2.07 bits per heavy atom. The van der Waals surface area contributed by atoms with Crippen molar-refractivity contribution in [1.29, 1.82) is 5.26 Å². The van der Waals surface area contributed by atoms with Gasteiger partial charge in [-0.15, -0.1) is 0 Å². The van der Waals surface area contributed by atoms with Gasteiger partial charge in [0.1, 0.15) is 0 Å². The fraction of sp³-hybridized carbons (Fsp3) is 0.417. The summed E-state index contributed by atoms with van der Waals surface area (Å²) in [4.78, 5) is 17.2. The Labute approximate surface area is 178 Å². The van der Waals surface area contributed by atoms with Crippen LogP contribution in [0, 0.1) is 23.2 Å². The van der Waals surface area contributed by atoms with Gasteiger partial charge in [0.15, 0.2) is 0 Å². The van der Waals surface area contributed by atoms with Gasteiger partial charge in [0.25, 0.3) is 0 Å². The lowest BCUT2D eigenvalue weighted by molar-refractivity contribution is 0.00612. The number of carbonyl (C=O) groups excluding carboxylic acids is 1. The maximum atomic E-state index is 12.3. The Morgan fingerprint density at radius 3 is 2.80 bits per heavy atom. The standard InChI is InChI=1S/C24H29N5O/c1-28(22-8-3-2-4-9-22)16-20-17-29-11-10-19(20)13-23(29)15-26-24(30)27-21-7-5-6-18(12-21)14-25/h2-9,12,19-20,23H,10-11,13,15-17H2,1H3,(H2,26,27,30)/t19-,20+,23+/m0/s1. The molecule has 0 radical (unpaired) electrons. The van der Waals surface area contributed by atoms with Crippen molar-refractivity contribution in [1.82, 2.24) is 10.2 Å². The first-order valence-corrected chi connectivity index (χ1v) is 10.7. The predicted molar refractivity (Wildman–Crippen MR) is 119 cm³/mol. The number of piperidine rings is 3. The molecule has 3 heterocycles. The number of amides is 2. The Morgan fingerprint density at radius 1 is 1.23 bits per heavy atom. The number of hydrogen-bond acceptors (Lipinski definition) is 4. The summed E-state index contributed by atoms with van der Waals surface area (Å²) in [5.41, 5.74) is 2.44. The van der Waals surface area contributed by atoms with Crippen LogP contribution in [0.4, 0.5) is 16.2 Å². The predicted octanol–water partition coefficient (Wildman–Crippen LogP) is 3.53. The molecular formula is C24H29N5O. The Balaban J connectivity index is 1.26. The van der Waals surface area contributed by atoms with Crippen molar-refractivity contribution in [3.63, 3.8) is 0 Å². The van der Waals surface area contributed by atoms with Crippen LogP contribution in [0.3, 0.4) is 0 Å². The highest BCUT2D eigenvalue weighted by atomic mass is 16.2. The van der Waals surface area contributed by atoms with E-state index in [4.69, 9.17) is 5.26 Å². The third-order valence-electron chi connectivity index (χ3n) is 6.47. The van der Waals surface area contributed by atoms with Gasteiger partial charge >= 0.3 is 6.03 Å². The number of urea groups is 1. The van der Waals surface area contributed by atoms with Crippen molar-refractivity contribution in [3.8, 4) is 6.07 Å². The van der Waals surface area contributed by atoms with Crippen molar-refractivity contribution in [2.75, 3.05) is 43.4 Å². The van der Waals surface area contributed by atoms with Crippen LogP contribution in [0.15, 0.2) is 54.6 Å². The van der Waals surface area contributed by atoms with Crippen LogP contribution < -0.4 is 15.5 Å². The van der Waals surface area contributed by atoms with Crippen LogP contribution >= 0.6 is 0 Å². The number of nitriles is 1. The summed E-state index contributed by atoms with van der Waals surface area (Å²) in [6.45, 7) is 3.94. The molecule has 2 aromatic carbocycles. The lowest BCUT2D eigenvalue weighted by atomic mass is 9.75. The molecular weight excluding hydrogens is 374 g/mol. The number of nitrogens with zero attached hydrogens (tertiary/aromatic N) is 3. The van der Waals surface area contributed by atoms with Gasteiger partial charge in [-0.25, -0.2) is 4.79 Å². The van der Waals surface area contributed by atoms with E-state index in [2.05, 4.69) is 63.9 Å². The second-order valence-electron chi connectivity index (χ2n) is 8.44. The molecule has 1 unspecified atom stereocenters. The lowest BCUT2D eigenvalue weighted by Gasteiger charge is -2.50. The molecule has 3 aliphatic heterocycles. The lowest BCUT2D eigenvalue weighted by Crippen LogP contribution is -2.58. The first kappa shape index (κ1) is 20.2. The van der Waals surface area contributed by atoms with E-state index >= 15 is 0 Å². The molecule has 0 aromatic heterocycles. The highest BCUT2D eigenvalue weighted by molar-refractivity contribution is 5.89. The first-order valence-electron chi connectivity index (χ1n) is 10.7. The minimum atomic E-state index is -0.215. The molecule has 2 bridgehead atoms. The third-order valence-corrected chi connectivity index (χ3v) is 6.47. The SMILES string of the molecule is CN(C[C@@H]1CN2CC[C@H]1C[C@@H]2CNC(=O)Nc1cccc(C#N)c1)c1ccccc1. The number of para-hydroxylation sites is 1. The average molecular weight is 404 g/mol.